The molecule has 2 nitrogen and oxygen atoms in total. The second-order valence-electron chi connectivity index (χ2n) is 6.83. The Morgan fingerprint density at radius 2 is 0.893 bits per heavy atom. The average Bonchev–Trinajstić information content (AvgIpc) is 2.47. The molecule has 0 saturated carbocycles. The molecule has 0 aromatic carbocycles. The van der Waals surface area contributed by atoms with Crippen LogP contribution in [0.25, 0.3) is 0 Å². The van der Waals surface area contributed by atoms with Crippen LogP contribution in [0.4, 0.5) is 0 Å². The molecule has 0 amide bonds. The van der Waals surface area contributed by atoms with Crippen LogP contribution in [-0.4, -0.2) is 8.64 Å². The van der Waals surface area contributed by atoms with Crippen molar-refractivity contribution in [2.24, 2.45) is 23.3 Å². The summed E-state index contributed by atoms with van der Waals surface area (Å²) >= 11 is 16.5. The van der Waals surface area contributed by atoms with Crippen LogP contribution in [0.15, 0.2) is 0 Å². The third kappa shape index (κ3) is 106. The number of thiocarbonyl (C=S) groups is 2. The summed E-state index contributed by atoms with van der Waals surface area (Å²) in [7, 11) is 0. The average molecular weight is 570 g/mol. The molecule has 160 valence electrons. The Balaban J connectivity index is -0.0000000601. The van der Waals surface area contributed by atoms with Gasteiger partial charge in [-0.05, 0) is 11.8 Å². The molecule has 0 aliphatic rings. The molecule has 8 heteroatoms. The van der Waals surface area contributed by atoms with Gasteiger partial charge in [-0.2, -0.15) is 12.8 Å². The number of hydrogen-bond donors (Lipinski definition) is 2. The molecule has 0 aliphatic carbocycles. The molecule has 28 heavy (non-hydrogen) atoms. The predicted octanol–water partition coefficient (Wildman–Crippen LogP) is 6.40. The van der Waals surface area contributed by atoms with Crippen LogP contribution in [0.3, 0.4) is 0 Å². The van der Waals surface area contributed by atoms with Crippen LogP contribution >= 0.6 is 24.4 Å². The van der Waals surface area contributed by atoms with Crippen LogP contribution in [0.1, 0.15) is 91.9 Å². The van der Waals surface area contributed by atoms with Crippen molar-refractivity contribution >= 4 is 58.3 Å². The van der Waals surface area contributed by atoms with Crippen molar-refractivity contribution in [2.75, 3.05) is 0 Å². The van der Waals surface area contributed by atoms with Gasteiger partial charge in [0.05, 0.1) is 0 Å². The van der Waals surface area contributed by atoms with Crippen molar-refractivity contribution in [3.05, 3.63) is 13.8 Å². The normalized spacial score (nSPS) is 8.57. The van der Waals surface area contributed by atoms with E-state index in [1.54, 1.807) is 0 Å². The van der Waals surface area contributed by atoms with E-state index in [0.29, 0.717) is 0 Å². The molecule has 0 saturated heterocycles. The van der Waals surface area contributed by atoms with Gasteiger partial charge in [-0.1, -0.05) is 87.7 Å². The molecule has 0 spiro atoms. The first-order chi connectivity index (χ1) is 12.0. The van der Waals surface area contributed by atoms with Gasteiger partial charge in [-0.25, -0.2) is 0 Å². The SMILES string of the molecule is NC(=S)[S-].NC(=S)[S-].[CH2-]CCCCCC(C)C.[CH2-]CCCCCC(C)C.[Zn+2].[Zn+2]. The maximum atomic E-state index is 4.66. The van der Waals surface area contributed by atoms with Gasteiger partial charge in [-0.15, -0.1) is 0 Å². The van der Waals surface area contributed by atoms with E-state index in [9.17, 15) is 0 Å². The Morgan fingerprint density at radius 1 is 0.679 bits per heavy atom. The smallest absolute Gasteiger partial charge is 0.415 e. The minimum Gasteiger partial charge on any atom is -0.415 e. The molecule has 0 bridgehead atoms. The van der Waals surface area contributed by atoms with E-state index in [1.165, 1.54) is 51.4 Å². The van der Waals surface area contributed by atoms with E-state index in [0.717, 1.165) is 24.7 Å². The first-order valence-corrected chi connectivity index (χ1v) is 11.2. The van der Waals surface area contributed by atoms with Crippen molar-refractivity contribution in [2.45, 2.75) is 91.9 Å². The van der Waals surface area contributed by atoms with Crippen LogP contribution < -0.4 is 11.5 Å². The number of rotatable bonds is 10. The Bertz CT molecular complexity index is 257. The summed E-state index contributed by atoms with van der Waals surface area (Å²) in [5.74, 6) is 1.77. The number of unbranched alkanes of at least 4 members (excludes halogenated alkanes) is 6. The van der Waals surface area contributed by atoms with Gasteiger partial charge in [0, 0.05) is 0 Å². The van der Waals surface area contributed by atoms with Crippen LogP contribution in [-0.2, 0) is 64.2 Å². The van der Waals surface area contributed by atoms with E-state index in [4.69, 9.17) is 0 Å². The minimum absolute atomic E-state index is 0. The van der Waals surface area contributed by atoms with E-state index < -0.39 is 0 Å². The molecule has 0 rings (SSSR count). The van der Waals surface area contributed by atoms with Crippen molar-refractivity contribution in [3.8, 4) is 0 Å². The van der Waals surface area contributed by atoms with Crippen molar-refractivity contribution in [1.29, 1.82) is 0 Å². The first-order valence-electron chi connectivity index (χ1n) is 9.52. The molecule has 0 fully saturated rings. The summed E-state index contributed by atoms with van der Waals surface area (Å²) in [5.41, 5.74) is 9.31. The Morgan fingerprint density at radius 3 is 1.04 bits per heavy atom. The van der Waals surface area contributed by atoms with Gasteiger partial charge in [0.2, 0.25) is 0 Å². The minimum atomic E-state index is 0. The third-order valence-corrected chi connectivity index (χ3v) is 3.06. The summed E-state index contributed by atoms with van der Waals surface area (Å²) in [6.07, 6.45) is 13.2. The zero-order valence-corrected chi connectivity index (χ0v) is 28.0. The fraction of sp³-hybridized carbons (Fsp3) is 0.800. The monoisotopic (exact) mass is 566 g/mol. The molecule has 0 radical (unpaired) electrons. The maximum Gasteiger partial charge on any atom is 2.00 e. The summed E-state index contributed by atoms with van der Waals surface area (Å²) in [4.78, 5) is 0. The summed E-state index contributed by atoms with van der Waals surface area (Å²) in [5, 5.41) is 0. The Kier molecular flexibility index (Phi) is 60.4. The van der Waals surface area contributed by atoms with Gasteiger partial charge in [-0.3, -0.25) is 0 Å². The molecule has 0 aromatic heterocycles. The van der Waals surface area contributed by atoms with Crippen molar-refractivity contribution in [1.82, 2.24) is 0 Å². The van der Waals surface area contributed by atoms with E-state index in [-0.39, 0.29) is 47.6 Å². The van der Waals surface area contributed by atoms with E-state index in [2.05, 4.69) is 103 Å². The molecular formula is C20H42N2S4Zn2. The largest absolute Gasteiger partial charge is 2.00 e. The molecular weight excluding hydrogens is 527 g/mol. The predicted molar refractivity (Wildman–Crippen MR) is 135 cm³/mol. The molecule has 0 aromatic rings. The van der Waals surface area contributed by atoms with Crippen LogP contribution in [0.5, 0.6) is 0 Å². The second kappa shape index (κ2) is 39.0. The third-order valence-electron chi connectivity index (χ3n) is 3.06. The van der Waals surface area contributed by atoms with Gasteiger partial charge in [0.25, 0.3) is 0 Å². The zero-order chi connectivity index (χ0) is 21.4. The Hall–Kier alpha value is 1.47. The summed E-state index contributed by atoms with van der Waals surface area (Å²) < 4.78 is 0.167. The standard InChI is InChI=1S/2C9H19.2CH3NS2.2Zn/c2*1-4-5-6-7-8-9(2)3;2*2-1(3)4;;/h2*9H,1,4-8H2,2-3H3;2*(H3,2,3,4);;/q2*-1;;;2*+2/p-2. The molecule has 0 unspecified atom stereocenters. The van der Waals surface area contributed by atoms with Gasteiger partial charge in [0.15, 0.2) is 0 Å². The fourth-order valence-electron chi connectivity index (χ4n) is 1.81. The van der Waals surface area contributed by atoms with Crippen LogP contribution in [0, 0.1) is 25.7 Å². The maximum absolute atomic E-state index is 4.66. The zero-order valence-electron chi connectivity index (χ0n) is 18.8. The fourth-order valence-corrected chi connectivity index (χ4v) is 1.81. The first kappa shape index (κ1) is 43.4. The van der Waals surface area contributed by atoms with Gasteiger partial charge in [0.1, 0.15) is 0 Å². The van der Waals surface area contributed by atoms with Gasteiger partial charge < -0.3 is 75.0 Å². The Labute approximate surface area is 224 Å². The molecule has 4 N–H and O–H groups in total. The summed E-state index contributed by atoms with van der Waals surface area (Å²) in [6, 6.07) is 0. The van der Waals surface area contributed by atoms with Gasteiger partial charge >= 0.3 is 39.0 Å². The molecule has 0 atom stereocenters. The molecule has 0 heterocycles. The van der Waals surface area contributed by atoms with E-state index in [1.807, 2.05) is 0 Å². The summed E-state index contributed by atoms with van der Waals surface area (Å²) in [6.45, 7) is 16.7. The van der Waals surface area contributed by atoms with Crippen molar-refractivity contribution in [3.63, 3.8) is 0 Å². The number of hydrogen-bond acceptors (Lipinski definition) is 4. The molecule has 0 aliphatic heterocycles. The van der Waals surface area contributed by atoms with Crippen LogP contribution in [0.2, 0.25) is 0 Å². The van der Waals surface area contributed by atoms with E-state index >= 15 is 0 Å². The second-order valence-corrected chi connectivity index (χ2v) is 9.11. The number of nitrogens with two attached hydrogens (primary N) is 2. The van der Waals surface area contributed by atoms with Crippen molar-refractivity contribution < 1.29 is 39.0 Å². The quantitative estimate of drug-likeness (QED) is 0.104. The topological polar surface area (TPSA) is 52.0 Å².